The Morgan fingerprint density at radius 2 is 1.86 bits per heavy atom. The Kier molecular flexibility index (Phi) is 5.52. The number of carbonyl (C=O) groups is 2. The molecule has 2 aromatic carbocycles. The Bertz CT molecular complexity index is 944. The molecular formula is C20H18BrF3N2O2. The van der Waals surface area contributed by atoms with Gasteiger partial charge < -0.3 is 10.2 Å². The molecule has 4 nitrogen and oxygen atoms in total. The van der Waals surface area contributed by atoms with Crippen molar-refractivity contribution in [3.8, 4) is 0 Å². The molecule has 1 N–H and O–H groups in total. The number of amides is 2. The molecule has 1 atom stereocenters. The number of nitrogens with zero attached hydrogens (tertiary/aromatic N) is 1. The molecule has 0 unspecified atom stereocenters. The minimum atomic E-state index is -4.61. The van der Waals surface area contributed by atoms with Gasteiger partial charge in [0.2, 0.25) is 11.8 Å². The van der Waals surface area contributed by atoms with Crippen LogP contribution in [0.25, 0.3) is 0 Å². The van der Waals surface area contributed by atoms with Crippen molar-refractivity contribution in [3.63, 3.8) is 0 Å². The van der Waals surface area contributed by atoms with Gasteiger partial charge in [0.15, 0.2) is 0 Å². The molecule has 3 rings (SSSR count). The zero-order chi connectivity index (χ0) is 20.6. The van der Waals surface area contributed by atoms with Crippen LogP contribution in [0.1, 0.15) is 23.1 Å². The summed E-state index contributed by atoms with van der Waals surface area (Å²) in [5.74, 6) is -1.55. The van der Waals surface area contributed by atoms with E-state index in [9.17, 15) is 22.8 Å². The van der Waals surface area contributed by atoms with E-state index in [1.807, 2.05) is 26.0 Å². The third-order valence-corrected chi connectivity index (χ3v) is 5.34. The average molecular weight is 455 g/mol. The first kappa shape index (κ1) is 20.4. The molecule has 1 aliphatic heterocycles. The van der Waals surface area contributed by atoms with E-state index in [1.54, 1.807) is 6.07 Å². The van der Waals surface area contributed by atoms with Crippen LogP contribution < -0.4 is 10.2 Å². The fourth-order valence-electron chi connectivity index (χ4n) is 3.12. The van der Waals surface area contributed by atoms with Crippen LogP contribution in [-0.2, 0) is 15.8 Å². The third kappa shape index (κ3) is 4.22. The highest BCUT2D eigenvalue weighted by Gasteiger charge is 2.38. The molecule has 0 saturated carbocycles. The van der Waals surface area contributed by atoms with E-state index in [4.69, 9.17) is 0 Å². The quantitative estimate of drug-likeness (QED) is 0.702. The predicted octanol–water partition coefficient (Wildman–Crippen LogP) is 5.08. The summed E-state index contributed by atoms with van der Waals surface area (Å²) in [5.41, 5.74) is 1.52. The molecule has 1 fully saturated rings. The van der Waals surface area contributed by atoms with Crippen LogP contribution >= 0.6 is 15.9 Å². The molecule has 2 aromatic rings. The zero-order valence-electron chi connectivity index (χ0n) is 15.2. The molecule has 2 amide bonds. The van der Waals surface area contributed by atoms with Crippen molar-refractivity contribution in [2.45, 2.75) is 26.4 Å². The number of nitrogens with one attached hydrogen (secondary N) is 1. The Balaban J connectivity index is 1.78. The maximum absolute atomic E-state index is 13.2. The number of rotatable bonds is 3. The van der Waals surface area contributed by atoms with Crippen LogP contribution in [0.3, 0.4) is 0 Å². The van der Waals surface area contributed by atoms with Crippen molar-refractivity contribution in [1.82, 2.24) is 0 Å². The highest BCUT2D eigenvalue weighted by molar-refractivity contribution is 9.10. The normalized spacial score (nSPS) is 17.1. The van der Waals surface area contributed by atoms with Gasteiger partial charge in [0.1, 0.15) is 0 Å². The monoisotopic (exact) mass is 454 g/mol. The number of benzene rings is 2. The number of carbonyl (C=O) groups excluding carboxylic acids is 2. The number of halogens is 4. The van der Waals surface area contributed by atoms with E-state index in [1.165, 1.54) is 17.0 Å². The lowest BCUT2D eigenvalue weighted by atomic mass is 10.1. The van der Waals surface area contributed by atoms with Gasteiger partial charge in [-0.2, -0.15) is 13.2 Å². The van der Waals surface area contributed by atoms with Crippen molar-refractivity contribution in [3.05, 3.63) is 57.6 Å². The van der Waals surface area contributed by atoms with Crippen molar-refractivity contribution in [2.75, 3.05) is 16.8 Å². The second-order valence-electron chi connectivity index (χ2n) is 6.85. The van der Waals surface area contributed by atoms with Gasteiger partial charge in [-0.3, -0.25) is 9.59 Å². The first-order valence-corrected chi connectivity index (χ1v) is 9.41. The van der Waals surface area contributed by atoms with E-state index >= 15 is 0 Å². The second-order valence-corrected chi connectivity index (χ2v) is 7.77. The first-order chi connectivity index (χ1) is 13.1. The SMILES string of the molecule is Cc1ccc(N2C[C@H](C(=O)Nc3ccc(Br)cc3C(F)(F)F)CC2=O)cc1C. The molecule has 0 spiro atoms. The Morgan fingerprint density at radius 3 is 2.50 bits per heavy atom. The first-order valence-electron chi connectivity index (χ1n) is 8.61. The lowest BCUT2D eigenvalue weighted by Gasteiger charge is -2.19. The minimum Gasteiger partial charge on any atom is -0.325 e. The van der Waals surface area contributed by atoms with E-state index in [-0.39, 0.29) is 29.0 Å². The van der Waals surface area contributed by atoms with Crippen molar-refractivity contribution in [2.24, 2.45) is 5.92 Å². The number of hydrogen-bond acceptors (Lipinski definition) is 2. The molecule has 1 heterocycles. The largest absolute Gasteiger partial charge is 0.418 e. The fraction of sp³-hybridized carbons (Fsp3) is 0.300. The summed E-state index contributed by atoms with van der Waals surface area (Å²) >= 11 is 3.01. The Hall–Kier alpha value is -2.35. The standard InChI is InChI=1S/C20H18BrF3N2O2/c1-11-3-5-15(7-12(11)2)26-10-13(8-18(26)27)19(28)25-17-6-4-14(21)9-16(17)20(22,23)24/h3-7,9,13H,8,10H2,1-2H3,(H,25,28)/t13-/m1/s1. The van der Waals surface area contributed by atoms with Crippen LogP contribution in [0, 0.1) is 19.8 Å². The lowest BCUT2D eigenvalue weighted by molar-refractivity contribution is -0.137. The average Bonchev–Trinajstić information content (AvgIpc) is 3.00. The van der Waals surface area contributed by atoms with Gasteiger partial charge in [0.05, 0.1) is 17.2 Å². The maximum atomic E-state index is 13.2. The number of alkyl halides is 3. The molecule has 1 saturated heterocycles. The summed E-state index contributed by atoms with van der Waals surface area (Å²) in [4.78, 5) is 26.4. The molecule has 148 valence electrons. The number of hydrogen-bond donors (Lipinski definition) is 1. The van der Waals surface area contributed by atoms with Crippen molar-refractivity contribution < 1.29 is 22.8 Å². The van der Waals surface area contributed by atoms with Crippen LogP contribution in [0.2, 0.25) is 0 Å². The van der Waals surface area contributed by atoms with Gasteiger partial charge in [-0.05, 0) is 55.3 Å². The zero-order valence-corrected chi connectivity index (χ0v) is 16.8. The second kappa shape index (κ2) is 7.58. The fourth-order valence-corrected chi connectivity index (χ4v) is 3.48. The summed E-state index contributed by atoms with van der Waals surface area (Å²) in [6, 6.07) is 9.09. The Morgan fingerprint density at radius 1 is 1.14 bits per heavy atom. The van der Waals surface area contributed by atoms with Crippen molar-refractivity contribution in [1.29, 1.82) is 0 Å². The van der Waals surface area contributed by atoms with Gasteiger partial charge in [-0.15, -0.1) is 0 Å². The predicted molar refractivity (Wildman–Crippen MR) is 104 cm³/mol. The highest BCUT2D eigenvalue weighted by atomic mass is 79.9. The van der Waals surface area contributed by atoms with Gasteiger partial charge in [0.25, 0.3) is 0 Å². The third-order valence-electron chi connectivity index (χ3n) is 4.84. The van der Waals surface area contributed by atoms with Gasteiger partial charge in [0, 0.05) is 23.1 Å². The van der Waals surface area contributed by atoms with Crippen LogP contribution in [0.5, 0.6) is 0 Å². The van der Waals surface area contributed by atoms with E-state index in [2.05, 4.69) is 21.2 Å². The summed E-state index contributed by atoms with van der Waals surface area (Å²) in [6.07, 6.45) is -4.65. The highest BCUT2D eigenvalue weighted by Crippen LogP contribution is 2.37. The van der Waals surface area contributed by atoms with Crippen LogP contribution in [0.15, 0.2) is 40.9 Å². The van der Waals surface area contributed by atoms with Gasteiger partial charge in [-0.25, -0.2) is 0 Å². The van der Waals surface area contributed by atoms with Crippen LogP contribution in [-0.4, -0.2) is 18.4 Å². The summed E-state index contributed by atoms with van der Waals surface area (Å²) in [5, 5.41) is 2.34. The molecule has 1 aliphatic rings. The molecule has 8 heteroatoms. The maximum Gasteiger partial charge on any atom is 0.418 e. The van der Waals surface area contributed by atoms with E-state index in [0.717, 1.165) is 17.2 Å². The van der Waals surface area contributed by atoms with Gasteiger partial charge >= 0.3 is 6.18 Å². The molecular weight excluding hydrogens is 437 g/mol. The number of anilines is 2. The lowest BCUT2D eigenvalue weighted by Crippen LogP contribution is -2.28. The van der Waals surface area contributed by atoms with E-state index in [0.29, 0.717) is 5.69 Å². The topological polar surface area (TPSA) is 49.4 Å². The minimum absolute atomic E-state index is 0.0450. The molecule has 0 radical (unpaired) electrons. The molecule has 28 heavy (non-hydrogen) atoms. The number of aryl methyl sites for hydroxylation is 2. The van der Waals surface area contributed by atoms with Crippen LogP contribution in [0.4, 0.5) is 24.5 Å². The van der Waals surface area contributed by atoms with Gasteiger partial charge in [-0.1, -0.05) is 22.0 Å². The smallest absolute Gasteiger partial charge is 0.325 e. The molecule has 0 aliphatic carbocycles. The molecule has 0 aromatic heterocycles. The summed E-state index contributed by atoms with van der Waals surface area (Å²) in [6.45, 7) is 4.01. The summed E-state index contributed by atoms with van der Waals surface area (Å²) in [7, 11) is 0. The summed E-state index contributed by atoms with van der Waals surface area (Å²) < 4.78 is 40.0. The molecule has 0 bridgehead atoms. The van der Waals surface area contributed by atoms with Crippen molar-refractivity contribution >= 4 is 39.1 Å². The Labute approximate surface area is 168 Å². The van der Waals surface area contributed by atoms with E-state index < -0.39 is 23.6 Å².